The van der Waals surface area contributed by atoms with E-state index in [1.807, 2.05) is 0 Å². The van der Waals surface area contributed by atoms with E-state index in [1.165, 1.54) is 0 Å². The van der Waals surface area contributed by atoms with Crippen molar-refractivity contribution < 1.29 is 9.53 Å². The van der Waals surface area contributed by atoms with E-state index in [1.54, 1.807) is 7.11 Å². The smallest absolute Gasteiger partial charge is 0.253 e. The van der Waals surface area contributed by atoms with Crippen LogP contribution in [0.2, 0.25) is 0 Å². The molecule has 0 saturated carbocycles. The number of piperazine rings is 1. The van der Waals surface area contributed by atoms with E-state index in [0.29, 0.717) is 12.6 Å². The molecule has 1 saturated heterocycles. The van der Waals surface area contributed by atoms with Crippen molar-refractivity contribution in [3.63, 3.8) is 0 Å². The van der Waals surface area contributed by atoms with Crippen LogP contribution >= 0.6 is 0 Å². The average molecular weight is 244 g/mol. The van der Waals surface area contributed by atoms with Crippen LogP contribution in [0.5, 0.6) is 0 Å². The summed E-state index contributed by atoms with van der Waals surface area (Å²) in [6, 6.07) is 0.171. The van der Waals surface area contributed by atoms with Crippen molar-refractivity contribution in [2.24, 2.45) is 5.84 Å². The van der Waals surface area contributed by atoms with Crippen LogP contribution in [0.25, 0.3) is 0 Å². The number of likely N-dealkylation sites (N-methyl/N-ethyl adjacent to an activating group) is 1. The van der Waals surface area contributed by atoms with Gasteiger partial charge in [0.1, 0.15) is 6.04 Å². The number of carbonyl (C=O) groups is 1. The molecule has 0 bridgehead atoms. The monoisotopic (exact) mass is 244 g/mol. The Kier molecular flexibility index (Phi) is 5.84. The molecule has 2 unspecified atom stereocenters. The van der Waals surface area contributed by atoms with Crippen molar-refractivity contribution in [3.05, 3.63) is 0 Å². The minimum Gasteiger partial charge on any atom is -0.383 e. The summed E-state index contributed by atoms with van der Waals surface area (Å²) in [6.07, 6.45) is 0. The Morgan fingerprint density at radius 3 is 2.76 bits per heavy atom. The molecule has 0 aliphatic carbocycles. The first-order chi connectivity index (χ1) is 8.13. The maximum absolute atomic E-state index is 11.7. The molecule has 0 radical (unpaired) electrons. The van der Waals surface area contributed by atoms with Gasteiger partial charge in [0, 0.05) is 32.8 Å². The summed E-state index contributed by atoms with van der Waals surface area (Å²) in [7, 11) is 1.60. The van der Waals surface area contributed by atoms with Gasteiger partial charge in [0.2, 0.25) is 0 Å². The maximum Gasteiger partial charge on any atom is 0.253 e. The Morgan fingerprint density at radius 2 is 2.29 bits per heavy atom. The summed E-state index contributed by atoms with van der Waals surface area (Å²) in [6.45, 7) is 8.49. The third-order valence-corrected chi connectivity index (χ3v) is 3.41. The zero-order valence-electron chi connectivity index (χ0n) is 11.0. The predicted molar refractivity (Wildman–Crippen MR) is 66.3 cm³/mol. The first-order valence-corrected chi connectivity index (χ1v) is 6.11. The zero-order valence-corrected chi connectivity index (χ0v) is 11.0. The molecule has 1 aliphatic rings. The number of ether oxygens (including phenoxy) is 1. The van der Waals surface area contributed by atoms with Crippen molar-refractivity contribution in [1.29, 1.82) is 0 Å². The van der Waals surface area contributed by atoms with E-state index in [4.69, 9.17) is 10.6 Å². The molecule has 2 atom stereocenters. The van der Waals surface area contributed by atoms with Gasteiger partial charge in [-0.15, -0.1) is 0 Å². The highest BCUT2D eigenvalue weighted by atomic mass is 16.5. The first kappa shape index (κ1) is 14.4. The van der Waals surface area contributed by atoms with E-state index in [2.05, 4.69) is 29.1 Å². The highest BCUT2D eigenvalue weighted by Gasteiger charge is 2.31. The molecular formula is C11H24N4O2. The molecule has 6 heteroatoms. The molecule has 1 amide bonds. The number of hydrazine groups is 1. The number of methoxy groups -OCH3 is 1. The molecule has 0 aromatic heterocycles. The molecular weight excluding hydrogens is 220 g/mol. The van der Waals surface area contributed by atoms with Crippen LogP contribution in [-0.2, 0) is 9.53 Å². The predicted octanol–water partition coefficient (Wildman–Crippen LogP) is -0.983. The minimum absolute atomic E-state index is 0.177. The molecule has 1 rings (SSSR count). The lowest BCUT2D eigenvalue weighted by Crippen LogP contribution is -2.59. The Morgan fingerprint density at radius 1 is 1.59 bits per heavy atom. The largest absolute Gasteiger partial charge is 0.383 e. The molecule has 1 aliphatic heterocycles. The second-order valence-corrected chi connectivity index (χ2v) is 4.45. The van der Waals surface area contributed by atoms with Gasteiger partial charge in [0.05, 0.1) is 6.61 Å². The molecule has 100 valence electrons. The molecule has 1 fully saturated rings. The summed E-state index contributed by atoms with van der Waals surface area (Å²) < 4.78 is 5.10. The summed E-state index contributed by atoms with van der Waals surface area (Å²) >= 11 is 0. The van der Waals surface area contributed by atoms with Crippen molar-refractivity contribution in [2.45, 2.75) is 25.9 Å². The lowest BCUT2D eigenvalue weighted by molar-refractivity contribution is -0.129. The van der Waals surface area contributed by atoms with Crippen LogP contribution in [0.4, 0.5) is 0 Å². The summed E-state index contributed by atoms with van der Waals surface area (Å²) in [4.78, 5) is 16.2. The first-order valence-electron chi connectivity index (χ1n) is 6.11. The molecule has 0 aromatic rings. The number of hydrogen-bond acceptors (Lipinski definition) is 5. The van der Waals surface area contributed by atoms with Gasteiger partial charge < -0.3 is 4.74 Å². The Balaban J connectivity index is 2.61. The van der Waals surface area contributed by atoms with E-state index < -0.39 is 0 Å². The van der Waals surface area contributed by atoms with Crippen molar-refractivity contribution in [1.82, 2.24) is 15.2 Å². The summed E-state index contributed by atoms with van der Waals surface area (Å²) in [5.41, 5.74) is 2.21. The fraction of sp³-hybridized carbons (Fsp3) is 0.909. The fourth-order valence-electron chi connectivity index (χ4n) is 2.38. The van der Waals surface area contributed by atoms with Crippen LogP contribution in [-0.4, -0.2) is 67.7 Å². The summed E-state index contributed by atoms with van der Waals surface area (Å²) in [5.74, 6) is 5.03. The normalized spacial score (nSPS) is 24.6. The lowest BCUT2D eigenvalue weighted by atomic mass is 10.1. The van der Waals surface area contributed by atoms with Crippen LogP contribution in [0, 0.1) is 0 Å². The SMILES string of the molecule is CCN1CCN(C(COC)C(=O)NN)CC1C. The van der Waals surface area contributed by atoms with Gasteiger partial charge >= 0.3 is 0 Å². The number of rotatable bonds is 5. The average Bonchev–Trinajstić information content (AvgIpc) is 2.35. The highest BCUT2D eigenvalue weighted by molar-refractivity contribution is 5.81. The third-order valence-electron chi connectivity index (χ3n) is 3.41. The lowest BCUT2D eigenvalue weighted by Gasteiger charge is -2.42. The van der Waals surface area contributed by atoms with Crippen LogP contribution in [0.1, 0.15) is 13.8 Å². The topological polar surface area (TPSA) is 70.8 Å². The zero-order chi connectivity index (χ0) is 12.8. The van der Waals surface area contributed by atoms with Crippen LogP contribution < -0.4 is 11.3 Å². The van der Waals surface area contributed by atoms with Gasteiger partial charge in [0.15, 0.2) is 0 Å². The number of hydrogen-bond donors (Lipinski definition) is 2. The molecule has 1 heterocycles. The van der Waals surface area contributed by atoms with Gasteiger partial charge in [-0.2, -0.15) is 0 Å². The van der Waals surface area contributed by atoms with Crippen LogP contribution in [0.3, 0.4) is 0 Å². The number of nitrogens with one attached hydrogen (secondary N) is 1. The Bertz CT molecular complexity index is 250. The maximum atomic E-state index is 11.7. The number of carbonyl (C=O) groups excluding carboxylic acids is 1. The highest BCUT2D eigenvalue weighted by Crippen LogP contribution is 2.12. The van der Waals surface area contributed by atoms with E-state index in [0.717, 1.165) is 26.2 Å². The molecule has 6 nitrogen and oxygen atoms in total. The third kappa shape index (κ3) is 3.64. The van der Waals surface area contributed by atoms with Gasteiger partial charge in [-0.05, 0) is 13.5 Å². The second kappa shape index (κ2) is 6.90. The van der Waals surface area contributed by atoms with Gasteiger partial charge in [-0.1, -0.05) is 6.92 Å². The molecule has 0 spiro atoms. The molecule has 0 aromatic carbocycles. The fourth-order valence-corrected chi connectivity index (χ4v) is 2.38. The standard InChI is InChI=1S/C11H24N4O2/c1-4-14-5-6-15(7-9(14)2)10(8-17-3)11(16)13-12/h9-10H,4-8,12H2,1-3H3,(H,13,16). The number of nitrogens with two attached hydrogens (primary N) is 1. The van der Waals surface area contributed by atoms with Crippen molar-refractivity contribution >= 4 is 5.91 Å². The number of amides is 1. The van der Waals surface area contributed by atoms with E-state index >= 15 is 0 Å². The second-order valence-electron chi connectivity index (χ2n) is 4.45. The van der Waals surface area contributed by atoms with E-state index in [-0.39, 0.29) is 11.9 Å². The van der Waals surface area contributed by atoms with Crippen molar-refractivity contribution in [3.8, 4) is 0 Å². The Hall–Kier alpha value is -0.690. The summed E-state index contributed by atoms with van der Waals surface area (Å²) in [5, 5.41) is 0. The Labute approximate surface area is 103 Å². The molecule has 17 heavy (non-hydrogen) atoms. The van der Waals surface area contributed by atoms with Gasteiger partial charge in [-0.25, -0.2) is 5.84 Å². The molecule has 3 N–H and O–H groups in total. The van der Waals surface area contributed by atoms with Gasteiger partial charge in [0.25, 0.3) is 5.91 Å². The quantitative estimate of drug-likeness (QED) is 0.369. The van der Waals surface area contributed by atoms with E-state index in [9.17, 15) is 4.79 Å². The van der Waals surface area contributed by atoms with Crippen LogP contribution in [0.15, 0.2) is 0 Å². The minimum atomic E-state index is -0.286. The number of nitrogens with zero attached hydrogens (tertiary/aromatic N) is 2. The van der Waals surface area contributed by atoms with Gasteiger partial charge in [-0.3, -0.25) is 20.0 Å². The van der Waals surface area contributed by atoms with Crippen molar-refractivity contribution in [2.75, 3.05) is 39.9 Å².